The van der Waals surface area contributed by atoms with E-state index in [0.29, 0.717) is 0 Å². The number of benzene rings is 1. The van der Waals surface area contributed by atoms with Gasteiger partial charge in [0.25, 0.3) is 0 Å². The predicted molar refractivity (Wildman–Crippen MR) is 102 cm³/mol. The van der Waals surface area contributed by atoms with Crippen molar-refractivity contribution in [3.05, 3.63) is 47.6 Å². The third-order valence-electron chi connectivity index (χ3n) is 4.05. The van der Waals surface area contributed by atoms with Crippen LogP contribution < -0.4 is 4.90 Å². The highest BCUT2D eigenvalue weighted by molar-refractivity contribution is 6.30. The van der Waals surface area contributed by atoms with E-state index >= 15 is 0 Å². The second-order valence-electron chi connectivity index (χ2n) is 5.74. The van der Waals surface area contributed by atoms with Gasteiger partial charge in [0, 0.05) is 23.7 Å². The van der Waals surface area contributed by atoms with Crippen LogP contribution in [0, 0.1) is 0 Å². The topological polar surface area (TPSA) is 42.7 Å². The molecular weight excluding hydrogens is 336 g/mol. The zero-order valence-electron chi connectivity index (χ0n) is 14.8. The molecule has 1 saturated heterocycles. The van der Waals surface area contributed by atoms with Crippen molar-refractivity contribution in [2.75, 3.05) is 24.6 Å². The molecule has 3 heterocycles. The number of imidazole rings is 1. The van der Waals surface area contributed by atoms with E-state index in [4.69, 9.17) is 21.4 Å². The van der Waals surface area contributed by atoms with Crippen molar-refractivity contribution >= 4 is 23.1 Å². The van der Waals surface area contributed by atoms with E-state index in [1.54, 1.807) is 0 Å². The smallest absolute Gasteiger partial charge is 0.154 e. The Bertz CT molecular complexity index is 831. The number of anilines is 1. The summed E-state index contributed by atoms with van der Waals surface area (Å²) < 4.78 is 7.49. The maximum Gasteiger partial charge on any atom is 0.154 e. The van der Waals surface area contributed by atoms with E-state index in [0.717, 1.165) is 47.4 Å². The average Bonchev–Trinajstić information content (AvgIpc) is 3.07. The van der Waals surface area contributed by atoms with Crippen LogP contribution in [0.1, 0.15) is 20.8 Å². The number of rotatable bonds is 2. The third-order valence-corrected chi connectivity index (χ3v) is 4.31. The Morgan fingerprint density at radius 2 is 1.88 bits per heavy atom. The molecular formula is C19H23ClN4O. The van der Waals surface area contributed by atoms with Crippen LogP contribution in [0.3, 0.4) is 0 Å². The van der Waals surface area contributed by atoms with Crippen molar-refractivity contribution in [3.8, 4) is 11.3 Å². The molecule has 0 saturated carbocycles. The third kappa shape index (κ3) is 3.78. The number of fused-ring (bicyclic) bond motifs is 1. The molecule has 25 heavy (non-hydrogen) atoms. The molecule has 4 rings (SSSR count). The number of hydrogen-bond donors (Lipinski definition) is 0. The highest BCUT2D eigenvalue weighted by atomic mass is 35.5. The summed E-state index contributed by atoms with van der Waals surface area (Å²) >= 11 is 5.98. The molecule has 1 fully saturated rings. The number of nitrogens with zero attached hydrogens (tertiary/aromatic N) is 4. The van der Waals surface area contributed by atoms with Crippen LogP contribution in [0.2, 0.25) is 5.02 Å². The van der Waals surface area contributed by atoms with Crippen LogP contribution in [-0.4, -0.2) is 40.4 Å². The number of morpholine rings is 1. The first-order chi connectivity index (χ1) is 12.2. The lowest BCUT2D eigenvalue weighted by molar-refractivity contribution is 0.0529. The fourth-order valence-electron chi connectivity index (χ4n) is 2.88. The number of halogens is 1. The van der Waals surface area contributed by atoms with Gasteiger partial charge in [-0.05, 0) is 31.2 Å². The molecule has 2 aromatic heterocycles. The van der Waals surface area contributed by atoms with Gasteiger partial charge >= 0.3 is 0 Å². The molecule has 132 valence electrons. The first-order valence-corrected chi connectivity index (χ1v) is 9.06. The van der Waals surface area contributed by atoms with Crippen molar-refractivity contribution in [1.82, 2.24) is 14.6 Å². The van der Waals surface area contributed by atoms with Crippen LogP contribution >= 0.6 is 11.6 Å². The minimum absolute atomic E-state index is 0.222. The predicted octanol–water partition coefficient (Wildman–Crippen LogP) is 4.30. The minimum atomic E-state index is 0.222. The quantitative estimate of drug-likeness (QED) is 0.685. The van der Waals surface area contributed by atoms with Gasteiger partial charge in [-0.1, -0.05) is 37.6 Å². The lowest BCUT2D eigenvalue weighted by atomic mass is 10.2. The molecule has 0 radical (unpaired) electrons. The van der Waals surface area contributed by atoms with Gasteiger partial charge in [-0.15, -0.1) is 5.10 Å². The first kappa shape index (κ1) is 17.7. The summed E-state index contributed by atoms with van der Waals surface area (Å²) in [6, 6.07) is 11.7. The molecule has 0 unspecified atom stereocenters. The van der Waals surface area contributed by atoms with E-state index in [1.807, 2.05) is 61.0 Å². The SMILES string of the molecule is CC.C[C@H]1CN(c2ccc3ncc(-c4ccc(Cl)cc4)n3n2)CCO1. The number of ether oxygens (including phenoxy) is 1. The molecule has 1 aromatic carbocycles. The Morgan fingerprint density at radius 1 is 1.12 bits per heavy atom. The number of aromatic nitrogens is 3. The molecule has 1 atom stereocenters. The monoisotopic (exact) mass is 358 g/mol. The molecule has 6 heteroatoms. The Hall–Kier alpha value is -2.11. The zero-order valence-corrected chi connectivity index (χ0v) is 15.6. The van der Waals surface area contributed by atoms with Crippen LogP contribution in [0.25, 0.3) is 16.9 Å². The second kappa shape index (κ2) is 7.85. The van der Waals surface area contributed by atoms with E-state index in [-0.39, 0.29) is 6.10 Å². The van der Waals surface area contributed by atoms with Crippen molar-refractivity contribution < 1.29 is 4.74 Å². The lowest BCUT2D eigenvalue weighted by Gasteiger charge is -2.31. The van der Waals surface area contributed by atoms with E-state index in [2.05, 4.69) is 16.8 Å². The van der Waals surface area contributed by atoms with Gasteiger partial charge in [0.15, 0.2) is 5.65 Å². The van der Waals surface area contributed by atoms with Crippen LogP contribution in [0.4, 0.5) is 5.82 Å². The molecule has 0 spiro atoms. The van der Waals surface area contributed by atoms with E-state index in [9.17, 15) is 0 Å². The van der Waals surface area contributed by atoms with Gasteiger partial charge in [-0.25, -0.2) is 9.50 Å². The van der Waals surface area contributed by atoms with Gasteiger partial charge < -0.3 is 9.64 Å². The Balaban J connectivity index is 0.000000880. The van der Waals surface area contributed by atoms with Crippen LogP contribution in [0.15, 0.2) is 42.6 Å². The molecule has 0 bridgehead atoms. The molecule has 3 aromatic rings. The van der Waals surface area contributed by atoms with Gasteiger partial charge in [0.2, 0.25) is 0 Å². The fourth-order valence-corrected chi connectivity index (χ4v) is 3.00. The summed E-state index contributed by atoms with van der Waals surface area (Å²) in [6.45, 7) is 8.52. The fraction of sp³-hybridized carbons (Fsp3) is 0.368. The minimum Gasteiger partial charge on any atom is -0.375 e. The highest BCUT2D eigenvalue weighted by Crippen LogP contribution is 2.24. The maximum atomic E-state index is 5.98. The van der Waals surface area contributed by atoms with Gasteiger partial charge in [0.05, 0.1) is 24.6 Å². The van der Waals surface area contributed by atoms with Crippen LogP contribution in [-0.2, 0) is 4.74 Å². The van der Waals surface area contributed by atoms with Crippen molar-refractivity contribution in [2.24, 2.45) is 0 Å². The number of hydrogen-bond acceptors (Lipinski definition) is 4. The summed E-state index contributed by atoms with van der Waals surface area (Å²) in [5.74, 6) is 0.945. The van der Waals surface area contributed by atoms with Gasteiger partial charge in [-0.2, -0.15) is 0 Å². The van der Waals surface area contributed by atoms with Crippen LogP contribution in [0.5, 0.6) is 0 Å². The zero-order chi connectivity index (χ0) is 17.8. The normalized spacial score (nSPS) is 17.3. The molecule has 1 aliphatic rings. The Kier molecular flexibility index (Phi) is 5.56. The maximum absolute atomic E-state index is 5.98. The molecule has 1 aliphatic heterocycles. The second-order valence-corrected chi connectivity index (χ2v) is 6.18. The largest absolute Gasteiger partial charge is 0.375 e. The summed E-state index contributed by atoms with van der Waals surface area (Å²) in [4.78, 5) is 6.69. The van der Waals surface area contributed by atoms with E-state index in [1.165, 1.54) is 0 Å². The van der Waals surface area contributed by atoms with Gasteiger partial charge in [0.1, 0.15) is 5.82 Å². The highest BCUT2D eigenvalue weighted by Gasteiger charge is 2.19. The van der Waals surface area contributed by atoms with Crippen molar-refractivity contribution in [2.45, 2.75) is 26.9 Å². The summed E-state index contributed by atoms with van der Waals surface area (Å²) in [6.07, 6.45) is 2.07. The summed E-state index contributed by atoms with van der Waals surface area (Å²) in [5, 5.41) is 5.50. The molecule has 0 amide bonds. The summed E-state index contributed by atoms with van der Waals surface area (Å²) in [5.41, 5.74) is 2.83. The first-order valence-electron chi connectivity index (χ1n) is 8.68. The average molecular weight is 359 g/mol. The van der Waals surface area contributed by atoms with Crippen molar-refractivity contribution in [3.63, 3.8) is 0 Å². The standard InChI is InChI=1S/C17H17ClN4O.C2H6/c1-12-11-21(8-9-23-12)17-7-6-16-19-10-15(22(16)20-17)13-2-4-14(18)5-3-13;1-2/h2-7,10,12H,8-9,11H2,1H3;1-2H3/t12-;/m0./s1. The molecule has 0 aliphatic carbocycles. The summed E-state index contributed by atoms with van der Waals surface area (Å²) in [7, 11) is 0. The Labute approximate surface area is 153 Å². The lowest BCUT2D eigenvalue weighted by Crippen LogP contribution is -2.41. The molecule has 5 nitrogen and oxygen atoms in total. The Morgan fingerprint density at radius 3 is 2.60 bits per heavy atom. The van der Waals surface area contributed by atoms with Gasteiger partial charge in [-0.3, -0.25) is 0 Å². The molecule has 0 N–H and O–H groups in total. The van der Waals surface area contributed by atoms with E-state index < -0.39 is 0 Å². The van der Waals surface area contributed by atoms with Crippen molar-refractivity contribution in [1.29, 1.82) is 0 Å².